The number of hydrogen-bond acceptors (Lipinski definition) is 3. The highest BCUT2D eigenvalue weighted by molar-refractivity contribution is 6.36. The highest BCUT2D eigenvalue weighted by atomic mass is 35.5. The summed E-state index contributed by atoms with van der Waals surface area (Å²) in [6.45, 7) is 0. The monoisotopic (exact) mass is 490 g/mol. The van der Waals surface area contributed by atoms with E-state index >= 15 is 0 Å². The van der Waals surface area contributed by atoms with E-state index in [-0.39, 0.29) is 18.0 Å². The Bertz CT molecular complexity index is 1110. The molecule has 1 heterocycles. The predicted molar refractivity (Wildman–Crippen MR) is 131 cm³/mol. The van der Waals surface area contributed by atoms with E-state index < -0.39 is 0 Å². The minimum atomic E-state index is -0.115. The van der Waals surface area contributed by atoms with E-state index in [0.29, 0.717) is 32.1 Å². The van der Waals surface area contributed by atoms with Crippen molar-refractivity contribution in [2.75, 3.05) is 14.1 Å². The van der Waals surface area contributed by atoms with Gasteiger partial charge in [-0.1, -0.05) is 47.6 Å². The molecule has 1 aromatic heterocycles. The molecule has 1 N–H and O–H groups in total. The molecule has 1 amide bonds. The van der Waals surface area contributed by atoms with E-state index in [1.54, 1.807) is 30.5 Å². The van der Waals surface area contributed by atoms with Crippen LogP contribution in [0.4, 0.5) is 0 Å². The fourth-order valence-corrected chi connectivity index (χ4v) is 5.00. The number of carbonyl (C=O) groups is 1. The first-order valence-corrected chi connectivity index (χ1v) is 11.8. The second kappa shape index (κ2) is 9.84. The molecule has 1 saturated carbocycles. The van der Waals surface area contributed by atoms with Crippen molar-refractivity contribution in [3.63, 3.8) is 0 Å². The smallest absolute Gasteiger partial charge is 0.274 e. The van der Waals surface area contributed by atoms with E-state index in [1.807, 2.05) is 41.8 Å². The fraction of sp³-hybridized carbons (Fsp3) is 0.333. The quantitative estimate of drug-likeness (QED) is 0.469. The maximum absolute atomic E-state index is 13.5. The van der Waals surface area contributed by atoms with Gasteiger partial charge in [0.2, 0.25) is 0 Å². The zero-order chi connectivity index (χ0) is 22.8. The van der Waals surface area contributed by atoms with Crippen molar-refractivity contribution < 1.29 is 4.79 Å². The van der Waals surface area contributed by atoms with Gasteiger partial charge in [0.25, 0.3) is 5.91 Å². The average molecular weight is 492 g/mol. The maximum Gasteiger partial charge on any atom is 0.274 e. The summed E-state index contributed by atoms with van der Waals surface area (Å²) in [6, 6.07) is 13.0. The third kappa shape index (κ3) is 4.67. The minimum Gasteiger partial charge on any atom is -0.336 e. The molecule has 2 aromatic carbocycles. The van der Waals surface area contributed by atoms with Gasteiger partial charge in [0, 0.05) is 46.6 Å². The molecular formula is C24H25Cl3N4O. The number of halogens is 3. The van der Waals surface area contributed by atoms with Gasteiger partial charge in [0.1, 0.15) is 11.5 Å². The Hall–Kier alpha value is -2.05. The molecule has 1 aliphatic carbocycles. The second-order valence-corrected chi connectivity index (χ2v) is 9.36. The molecule has 0 unspecified atom stereocenters. The van der Waals surface area contributed by atoms with Crippen LogP contribution >= 0.6 is 34.8 Å². The molecule has 2 atom stereocenters. The Labute approximate surface area is 203 Å². The van der Waals surface area contributed by atoms with Crippen LogP contribution in [0.3, 0.4) is 0 Å². The zero-order valence-electron chi connectivity index (χ0n) is 18.0. The Morgan fingerprint density at radius 1 is 1.06 bits per heavy atom. The zero-order valence-corrected chi connectivity index (χ0v) is 20.3. The summed E-state index contributed by atoms with van der Waals surface area (Å²) in [5, 5.41) is 5.00. The topological polar surface area (TPSA) is 50.2 Å². The lowest BCUT2D eigenvalue weighted by atomic mass is 9.89. The van der Waals surface area contributed by atoms with Crippen LogP contribution in [0.2, 0.25) is 15.1 Å². The normalized spacial score (nSPS) is 18.5. The molecule has 1 fully saturated rings. The Kier molecular flexibility index (Phi) is 7.11. The van der Waals surface area contributed by atoms with E-state index in [2.05, 4.69) is 5.32 Å². The lowest BCUT2D eigenvalue weighted by molar-refractivity contribution is 0.0649. The van der Waals surface area contributed by atoms with Crippen molar-refractivity contribution in [3.8, 4) is 17.1 Å². The first-order valence-electron chi connectivity index (χ1n) is 10.6. The van der Waals surface area contributed by atoms with Crippen LogP contribution in [0.15, 0.2) is 48.7 Å². The first kappa shape index (κ1) is 23.1. The molecule has 0 bridgehead atoms. The fourth-order valence-electron chi connectivity index (χ4n) is 4.39. The number of imidazole rings is 1. The number of nitrogens with one attached hydrogen (secondary N) is 1. The Balaban J connectivity index is 1.76. The number of amides is 1. The van der Waals surface area contributed by atoms with Crippen molar-refractivity contribution in [2.24, 2.45) is 0 Å². The molecule has 1 aliphatic rings. The summed E-state index contributed by atoms with van der Waals surface area (Å²) >= 11 is 18.7. The van der Waals surface area contributed by atoms with Gasteiger partial charge in [0.15, 0.2) is 0 Å². The van der Waals surface area contributed by atoms with Crippen LogP contribution in [-0.4, -0.2) is 46.5 Å². The summed E-state index contributed by atoms with van der Waals surface area (Å²) in [4.78, 5) is 20.0. The lowest BCUT2D eigenvalue weighted by Crippen LogP contribution is -2.51. The summed E-state index contributed by atoms with van der Waals surface area (Å²) in [5.74, 6) is 0.454. The van der Waals surface area contributed by atoms with Crippen molar-refractivity contribution >= 4 is 40.7 Å². The number of nitrogens with zero attached hydrogens (tertiary/aromatic N) is 3. The van der Waals surface area contributed by atoms with E-state index in [9.17, 15) is 4.79 Å². The van der Waals surface area contributed by atoms with Crippen molar-refractivity contribution in [1.29, 1.82) is 0 Å². The SMILES string of the molecule is CN[C@@H]1CCCC[C@H]1N(C)C(=O)c1cn(-c2ccc(Cl)cc2)c(-c2ccc(Cl)cc2Cl)n1. The third-order valence-corrected chi connectivity index (χ3v) is 6.92. The third-order valence-electron chi connectivity index (χ3n) is 6.12. The van der Waals surface area contributed by atoms with Gasteiger partial charge < -0.3 is 10.2 Å². The highest BCUT2D eigenvalue weighted by Gasteiger charge is 2.31. The number of carbonyl (C=O) groups excluding carboxylic acids is 1. The van der Waals surface area contributed by atoms with Gasteiger partial charge in [-0.2, -0.15) is 0 Å². The van der Waals surface area contributed by atoms with Crippen molar-refractivity contribution in [1.82, 2.24) is 19.8 Å². The Morgan fingerprint density at radius 3 is 2.44 bits per heavy atom. The van der Waals surface area contributed by atoms with Gasteiger partial charge in [-0.25, -0.2) is 4.98 Å². The summed E-state index contributed by atoms with van der Waals surface area (Å²) in [6.07, 6.45) is 6.09. The summed E-state index contributed by atoms with van der Waals surface area (Å²) in [7, 11) is 3.82. The second-order valence-electron chi connectivity index (χ2n) is 8.08. The van der Waals surface area contributed by atoms with Gasteiger partial charge in [-0.3, -0.25) is 9.36 Å². The van der Waals surface area contributed by atoms with Crippen molar-refractivity contribution in [2.45, 2.75) is 37.8 Å². The molecule has 0 radical (unpaired) electrons. The van der Waals surface area contributed by atoms with Crippen molar-refractivity contribution in [3.05, 3.63) is 69.4 Å². The highest BCUT2D eigenvalue weighted by Crippen LogP contribution is 2.32. The molecule has 0 saturated heterocycles. The molecule has 0 spiro atoms. The molecular weight excluding hydrogens is 467 g/mol. The van der Waals surface area contributed by atoms with E-state index in [1.165, 1.54) is 6.42 Å². The molecule has 5 nitrogen and oxygen atoms in total. The lowest BCUT2D eigenvalue weighted by Gasteiger charge is -2.37. The number of hydrogen-bond donors (Lipinski definition) is 1. The maximum atomic E-state index is 13.5. The first-order chi connectivity index (χ1) is 15.4. The molecule has 32 heavy (non-hydrogen) atoms. The van der Waals surface area contributed by atoms with Crippen LogP contribution in [0, 0.1) is 0 Å². The molecule has 168 valence electrons. The van der Waals surface area contributed by atoms with E-state index in [4.69, 9.17) is 39.8 Å². The summed E-state index contributed by atoms with van der Waals surface area (Å²) < 4.78 is 1.86. The van der Waals surface area contributed by atoms with Gasteiger partial charge in [0.05, 0.1) is 5.02 Å². The standard InChI is InChI=1S/C24H25Cl3N4O/c1-28-20-5-3-4-6-22(20)30(2)24(32)21-14-31(17-10-7-15(25)8-11-17)23(29-21)18-12-9-16(26)13-19(18)27/h7-14,20,22,28H,3-6H2,1-2H3/t20-,22-/m1/s1. The minimum absolute atomic E-state index is 0.115. The largest absolute Gasteiger partial charge is 0.336 e. The molecule has 4 rings (SSSR count). The number of benzene rings is 2. The van der Waals surface area contributed by atoms with Gasteiger partial charge >= 0.3 is 0 Å². The Morgan fingerprint density at radius 2 is 1.75 bits per heavy atom. The number of likely N-dealkylation sites (N-methyl/N-ethyl adjacent to an activating group) is 2. The van der Waals surface area contributed by atoms with Gasteiger partial charge in [-0.05, 0) is 62.4 Å². The number of rotatable bonds is 5. The van der Waals surface area contributed by atoms with E-state index in [0.717, 1.165) is 24.9 Å². The van der Waals surface area contributed by atoms with Crippen LogP contribution in [0.5, 0.6) is 0 Å². The van der Waals surface area contributed by atoms with Gasteiger partial charge in [-0.15, -0.1) is 0 Å². The molecule has 3 aromatic rings. The molecule has 8 heteroatoms. The molecule has 0 aliphatic heterocycles. The van der Waals surface area contributed by atoms with Crippen LogP contribution in [-0.2, 0) is 0 Å². The number of aromatic nitrogens is 2. The predicted octanol–water partition coefficient (Wildman–Crippen LogP) is 6.10. The average Bonchev–Trinajstić information content (AvgIpc) is 3.23. The van der Waals surface area contributed by atoms with Crippen LogP contribution in [0.25, 0.3) is 17.1 Å². The van der Waals surface area contributed by atoms with Crippen LogP contribution in [0.1, 0.15) is 36.2 Å². The summed E-state index contributed by atoms with van der Waals surface area (Å²) in [5.41, 5.74) is 1.89. The van der Waals surface area contributed by atoms with Crippen LogP contribution < -0.4 is 5.32 Å².